The Balaban J connectivity index is 1.63. The van der Waals surface area contributed by atoms with Crippen LogP contribution in [0.5, 0.6) is 0 Å². The Morgan fingerprint density at radius 2 is 1.88 bits per heavy atom. The van der Waals surface area contributed by atoms with Crippen molar-refractivity contribution in [2.24, 2.45) is 5.10 Å². The lowest BCUT2D eigenvalue weighted by atomic mass is 10.2. The summed E-state index contributed by atoms with van der Waals surface area (Å²) >= 11 is 3.55. The predicted octanol–water partition coefficient (Wildman–Crippen LogP) is 5.75. The monoisotopic (exact) mass is 506 g/mol. The standard InChI is InChI=1S/C23H22BrF3N4O/c1-14-7-8-20(11-21(14)24)31-15(2)9-17(16(31)3)12-29-30-22(32)13-28-19-6-4-5-18(10-19)23(25,26)27/h4-12,28H,13H2,1-3H3,(H,30,32)/b29-12-. The smallest absolute Gasteiger partial charge is 0.376 e. The van der Waals surface area contributed by atoms with Crippen LogP contribution in [-0.2, 0) is 11.0 Å². The number of carbonyl (C=O) groups excluding carboxylic acids is 1. The Hall–Kier alpha value is -3.07. The first-order chi connectivity index (χ1) is 15.1. The number of carbonyl (C=O) groups is 1. The van der Waals surface area contributed by atoms with E-state index in [4.69, 9.17) is 0 Å². The molecule has 0 fully saturated rings. The number of hydrazone groups is 1. The van der Waals surface area contributed by atoms with E-state index < -0.39 is 17.6 Å². The minimum atomic E-state index is -4.44. The summed E-state index contributed by atoms with van der Waals surface area (Å²) in [6.07, 6.45) is -2.89. The van der Waals surface area contributed by atoms with Crippen LogP contribution >= 0.6 is 15.9 Å². The van der Waals surface area contributed by atoms with Gasteiger partial charge in [-0.05, 0) is 62.7 Å². The molecule has 0 spiro atoms. The largest absolute Gasteiger partial charge is 0.416 e. The topological polar surface area (TPSA) is 58.4 Å². The summed E-state index contributed by atoms with van der Waals surface area (Å²) in [5, 5.41) is 6.65. The average Bonchev–Trinajstić information content (AvgIpc) is 3.01. The van der Waals surface area contributed by atoms with Gasteiger partial charge in [-0.1, -0.05) is 28.1 Å². The third-order valence-corrected chi connectivity index (χ3v) is 5.77. The first-order valence-electron chi connectivity index (χ1n) is 9.75. The lowest BCUT2D eigenvalue weighted by molar-refractivity contribution is -0.137. The quantitative estimate of drug-likeness (QED) is 0.330. The highest BCUT2D eigenvalue weighted by atomic mass is 79.9. The third-order valence-electron chi connectivity index (χ3n) is 4.92. The molecule has 9 heteroatoms. The Kier molecular flexibility index (Phi) is 7.08. The van der Waals surface area contributed by atoms with E-state index in [1.165, 1.54) is 12.1 Å². The SMILES string of the molecule is Cc1ccc(-n2c(C)cc(/C=N\NC(=O)CNc3cccc(C(F)(F)F)c3)c2C)cc1Br. The number of hydrogen-bond donors (Lipinski definition) is 2. The van der Waals surface area contributed by atoms with Gasteiger partial charge in [-0.3, -0.25) is 4.79 Å². The molecule has 0 bridgehead atoms. The molecule has 0 saturated heterocycles. The van der Waals surface area contributed by atoms with E-state index in [0.717, 1.165) is 44.8 Å². The molecule has 1 heterocycles. The molecule has 0 atom stereocenters. The zero-order valence-electron chi connectivity index (χ0n) is 17.7. The second kappa shape index (κ2) is 9.60. The molecule has 0 aliphatic carbocycles. The Labute approximate surface area is 192 Å². The molecule has 0 unspecified atom stereocenters. The summed E-state index contributed by atoms with van der Waals surface area (Å²) in [5.74, 6) is -0.477. The first kappa shape index (κ1) is 23.6. The average molecular weight is 507 g/mol. The van der Waals surface area contributed by atoms with Gasteiger partial charge in [0.25, 0.3) is 5.91 Å². The van der Waals surface area contributed by atoms with E-state index in [1.54, 1.807) is 6.21 Å². The van der Waals surface area contributed by atoms with E-state index in [2.05, 4.69) is 36.3 Å². The summed E-state index contributed by atoms with van der Waals surface area (Å²) in [6, 6.07) is 12.7. The highest BCUT2D eigenvalue weighted by molar-refractivity contribution is 9.10. The van der Waals surface area contributed by atoms with Crippen molar-refractivity contribution in [2.75, 3.05) is 11.9 Å². The number of nitrogens with zero attached hydrogens (tertiary/aromatic N) is 2. The van der Waals surface area contributed by atoms with E-state index in [9.17, 15) is 18.0 Å². The van der Waals surface area contributed by atoms with E-state index >= 15 is 0 Å². The highest BCUT2D eigenvalue weighted by Gasteiger charge is 2.30. The number of halogens is 4. The number of benzene rings is 2. The van der Waals surface area contributed by atoms with Crippen LogP contribution in [0.2, 0.25) is 0 Å². The van der Waals surface area contributed by atoms with E-state index in [0.29, 0.717) is 0 Å². The third kappa shape index (κ3) is 5.59. The molecule has 2 aromatic carbocycles. The van der Waals surface area contributed by atoms with Crippen LogP contribution in [0.25, 0.3) is 5.69 Å². The van der Waals surface area contributed by atoms with Gasteiger partial charge in [0.05, 0.1) is 18.3 Å². The molecule has 0 aliphatic heterocycles. The summed E-state index contributed by atoms with van der Waals surface area (Å²) < 4.78 is 41.4. The Morgan fingerprint density at radius 3 is 2.56 bits per heavy atom. The zero-order chi connectivity index (χ0) is 23.5. The summed E-state index contributed by atoms with van der Waals surface area (Å²) in [6.45, 7) is 5.75. The van der Waals surface area contributed by atoms with Crippen molar-refractivity contribution in [2.45, 2.75) is 26.9 Å². The molecule has 0 saturated carbocycles. The van der Waals surface area contributed by atoms with Crippen LogP contribution in [0.1, 0.15) is 28.1 Å². The van der Waals surface area contributed by atoms with Crippen LogP contribution in [0, 0.1) is 20.8 Å². The second-order valence-electron chi connectivity index (χ2n) is 7.32. The van der Waals surface area contributed by atoms with Crippen molar-refractivity contribution in [3.05, 3.63) is 81.1 Å². The summed E-state index contributed by atoms with van der Waals surface area (Å²) in [4.78, 5) is 12.0. The maximum absolute atomic E-state index is 12.8. The van der Waals surface area contributed by atoms with E-state index in [-0.39, 0.29) is 12.2 Å². The maximum Gasteiger partial charge on any atom is 0.416 e. The van der Waals surface area contributed by atoms with Crippen LogP contribution in [-0.4, -0.2) is 23.2 Å². The van der Waals surface area contributed by atoms with Gasteiger partial charge in [0, 0.05) is 32.8 Å². The molecule has 32 heavy (non-hydrogen) atoms. The van der Waals surface area contributed by atoms with Crippen molar-refractivity contribution in [3.63, 3.8) is 0 Å². The molecular weight excluding hydrogens is 485 g/mol. The fourth-order valence-corrected chi connectivity index (χ4v) is 3.60. The molecule has 3 aromatic rings. The van der Waals surface area contributed by atoms with Gasteiger partial charge in [-0.25, -0.2) is 5.43 Å². The zero-order valence-corrected chi connectivity index (χ0v) is 19.3. The molecular formula is C23H22BrF3N4O. The van der Waals surface area contributed by atoms with Gasteiger partial charge in [-0.2, -0.15) is 18.3 Å². The molecule has 0 radical (unpaired) electrons. The van der Waals surface area contributed by atoms with Crippen molar-refractivity contribution in [1.29, 1.82) is 0 Å². The van der Waals surface area contributed by atoms with Crippen LogP contribution < -0.4 is 10.7 Å². The van der Waals surface area contributed by atoms with Gasteiger partial charge in [0.2, 0.25) is 0 Å². The van der Waals surface area contributed by atoms with Crippen LogP contribution in [0.15, 0.2) is 58.1 Å². The number of rotatable bonds is 6. The molecule has 5 nitrogen and oxygen atoms in total. The fraction of sp³-hybridized carbons (Fsp3) is 0.217. The van der Waals surface area contributed by atoms with Crippen molar-refractivity contribution < 1.29 is 18.0 Å². The molecule has 0 aliphatic rings. The van der Waals surface area contributed by atoms with E-state index in [1.807, 2.05) is 45.0 Å². The Morgan fingerprint density at radius 1 is 1.12 bits per heavy atom. The number of alkyl halides is 3. The first-order valence-corrected chi connectivity index (χ1v) is 10.5. The normalized spacial score (nSPS) is 11.7. The van der Waals surface area contributed by atoms with Crippen molar-refractivity contribution >= 4 is 33.7 Å². The molecule has 1 amide bonds. The van der Waals surface area contributed by atoms with Gasteiger partial charge < -0.3 is 9.88 Å². The predicted molar refractivity (Wildman–Crippen MR) is 123 cm³/mol. The molecule has 1 aromatic heterocycles. The van der Waals surface area contributed by atoms with Crippen molar-refractivity contribution in [3.8, 4) is 5.69 Å². The molecule has 168 valence electrons. The number of amides is 1. The minimum Gasteiger partial charge on any atom is -0.376 e. The van der Waals surface area contributed by atoms with Gasteiger partial charge in [0.1, 0.15) is 0 Å². The van der Waals surface area contributed by atoms with Gasteiger partial charge in [-0.15, -0.1) is 0 Å². The number of aromatic nitrogens is 1. The summed E-state index contributed by atoms with van der Waals surface area (Å²) in [7, 11) is 0. The lowest BCUT2D eigenvalue weighted by Crippen LogP contribution is -2.26. The minimum absolute atomic E-state index is 0.201. The fourth-order valence-electron chi connectivity index (χ4n) is 3.24. The number of aryl methyl sites for hydroxylation is 2. The highest BCUT2D eigenvalue weighted by Crippen LogP contribution is 2.30. The summed E-state index contributed by atoms with van der Waals surface area (Å²) in [5.41, 5.74) is 6.76. The molecule has 3 rings (SSSR count). The second-order valence-corrected chi connectivity index (χ2v) is 8.18. The van der Waals surface area contributed by atoms with Gasteiger partial charge >= 0.3 is 6.18 Å². The number of nitrogens with one attached hydrogen (secondary N) is 2. The molecule has 2 N–H and O–H groups in total. The van der Waals surface area contributed by atoms with Crippen LogP contribution in [0.3, 0.4) is 0 Å². The number of hydrogen-bond acceptors (Lipinski definition) is 3. The lowest BCUT2D eigenvalue weighted by Gasteiger charge is -2.11. The van der Waals surface area contributed by atoms with Gasteiger partial charge in [0.15, 0.2) is 0 Å². The number of anilines is 1. The Bertz CT molecular complexity index is 1170. The van der Waals surface area contributed by atoms with Crippen molar-refractivity contribution in [1.82, 2.24) is 9.99 Å². The van der Waals surface area contributed by atoms with Crippen LogP contribution in [0.4, 0.5) is 18.9 Å². The maximum atomic E-state index is 12.8.